The lowest BCUT2D eigenvalue weighted by Crippen LogP contribution is -2.12. The Morgan fingerprint density at radius 3 is 2.23 bits per heavy atom. The van der Waals surface area contributed by atoms with E-state index >= 15 is 0 Å². The van der Waals surface area contributed by atoms with Gasteiger partial charge in [-0.1, -0.05) is 46.1 Å². The molecule has 0 unspecified atom stereocenters. The molecule has 4 heteroatoms. The summed E-state index contributed by atoms with van der Waals surface area (Å²) in [5.74, 6) is -0.526. The molecule has 4 nitrogen and oxygen atoms in total. The van der Waals surface area contributed by atoms with Crippen LogP contribution in [-0.4, -0.2) is 25.2 Å². The zero-order chi connectivity index (χ0) is 16.4. The Morgan fingerprint density at radius 2 is 1.64 bits per heavy atom. The topological polar surface area (TPSA) is 52.6 Å². The number of unbranched alkanes of at least 4 members (excludes halogenated alkanes) is 3. The van der Waals surface area contributed by atoms with Crippen LogP contribution in [0.15, 0.2) is 24.3 Å². The van der Waals surface area contributed by atoms with E-state index in [1.54, 1.807) is 18.2 Å². The van der Waals surface area contributed by atoms with Gasteiger partial charge in [0.05, 0.1) is 24.3 Å². The second kappa shape index (κ2) is 9.98. The van der Waals surface area contributed by atoms with Crippen molar-refractivity contribution in [1.82, 2.24) is 0 Å². The summed E-state index contributed by atoms with van der Waals surface area (Å²) in [6, 6.07) is 6.48. The Morgan fingerprint density at radius 1 is 1.00 bits per heavy atom. The number of hydrogen-bond donors (Lipinski definition) is 0. The fourth-order valence-corrected chi connectivity index (χ4v) is 1.88. The SMILES string of the molecule is CCCCCCOC(=O)c1cccc(C(=O)OCC(C)C)c1. The van der Waals surface area contributed by atoms with Crippen LogP contribution in [0.2, 0.25) is 0 Å². The Bertz CT molecular complexity index is 480. The van der Waals surface area contributed by atoms with Crippen LogP contribution >= 0.6 is 0 Å². The number of carbonyl (C=O) groups excluding carboxylic acids is 2. The molecule has 0 aliphatic rings. The van der Waals surface area contributed by atoms with Crippen LogP contribution in [0.1, 0.15) is 67.2 Å². The normalized spacial score (nSPS) is 10.5. The first-order valence-corrected chi connectivity index (χ1v) is 7.99. The first kappa shape index (κ1) is 18.2. The molecular weight excluding hydrogens is 280 g/mol. The van der Waals surface area contributed by atoms with Crippen molar-refractivity contribution in [2.24, 2.45) is 5.92 Å². The maximum atomic E-state index is 11.9. The third kappa shape index (κ3) is 6.74. The number of carbonyl (C=O) groups is 2. The van der Waals surface area contributed by atoms with Crippen molar-refractivity contribution in [1.29, 1.82) is 0 Å². The molecule has 1 aromatic carbocycles. The molecule has 0 radical (unpaired) electrons. The van der Waals surface area contributed by atoms with Gasteiger partial charge in [-0.2, -0.15) is 0 Å². The van der Waals surface area contributed by atoms with Gasteiger partial charge in [-0.15, -0.1) is 0 Å². The zero-order valence-corrected chi connectivity index (χ0v) is 13.8. The molecule has 0 heterocycles. The van der Waals surface area contributed by atoms with Crippen molar-refractivity contribution in [2.45, 2.75) is 46.5 Å². The summed E-state index contributed by atoms with van der Waals surface area (Å²) < 4.78 is 10.4. The highest BCUT2D eigenvalue weighted by molar-refractivity contribution is 5.95. The Hall–Kier alpha value is -1.84. The van der Waals surface area contributed by atoms with Crippen molar-refractivity contribution in [3.8, 4) is 0 Å². The fourth-order valence-electron chi connectivity index (χ4n) is 1.88. The minimum Gasteiger partial charge on any atom is -0.462 e. The molecule has 0 aromatic heterocycles. The summed E-state index contributed by atoms with van der Waals surface area (Å²) in [6.45, 7) is 6.86. The molecular formula is C18H26O4. The van der Waals surface area contributed by atoms with Gasteiger partial charge in [0.2, 0.25) is 0 Å². The molecule has 0 aliphatic heterocycles. The van der Waals surface area contributed by atoms with Gasteiger partial charge in [0.15, 0.2) is 0 Å². The third-order valence-electron chi connectivity index (χ3n) is 3.11. The number of rotatable bonds is 9. The minimum atomic E-state index is -0.411. The van der Waals surface area contributed by atoms with Crippen LogP contribution in [-0.2, 0) is 9.47 Å². The van der Waals surface area contributed by atoms with Gasteiger partial charge in [-0.3, -0.25) is 0 Å². The first-order valence-electron chi connectivity index (χ1n) is 7.99. The Kier molecular flexibility index (Phi) is 8.26. The highest BCUT2D eigenvalue weighted by atomic mass is 16.5. The predicted molar refractivity (Wildman–Crippen MR) is 86.0 cm³/mol. The van der Waals surface area contributed by atoms with Crippen LogP contribution in [0.5, 0.6) is 0 Å². The fraction of sp³-hybridized carbons (Fsp3) is 0.556. The van der Waals surface area contributed by atoms with E-state index in [1.807, 2.05) is 13.8 Å². The minimum absolute atomic E-state index is 0.278. The van der Waals surface area contributed by atoms with Crippen molar-refractivity contribution in [3.63, 3.8) is 0 Å². The van der Waals surface area contributed by atoms with Crippen LogP contribution in [0.3, 0.4) is 0 Å². The second-order valence-corrected chi connectivity index (χ2v) is 5.77. The lowest BCUT2D eigenvalue weighted by atomic mass is 10.1. The first-order chi connectivity index (χ1) is 10.5. The maximum absolute atomic E-state index is 11.9. The summed E-state index contributed by atoms with van der Waals surface area (Å²) in [5, 5.41) is 0. The highest BCUT2D eigenvalue weighted by Gasteiger charge is 2.12. The van der Waals surface area contributed by atoms with Gasteiger partial charge in [0.1, 0.15) is 0 Å². The molecule has 22 heavy (non-hydrogen) atoms. The lowest BCUT2D eigenvalue weighted by molar-refractivity contribution is 0.0459. The summed E-state index contributed by atoms with van der Waals surface area (Å²) >= 11 is 0. The van der Waals surface area contributed by atoms with Crippen molar-refractivity contribution in [3.05, 3.63) is 35.4 Å². The number of ether oxygens (including phenoxy) is 2. The lowest BCUT2D eigenvalue weighted by Gasteiger charge is -2.08. The largest absolute Gasteiger partial charge is 0.462 e. The van der Waals surface area contributed by atoms with Gasteiger partial charge >= 0.3 is 11.9 Å². The molecule has 0 bridgehead atoms. The average molecular weight is 306 g/mol. The van der Waals surface area contributed by atoms with Gasteiger partial charge < -0.3 is 9.47 Å². The van der Waals surface area contributed by atoms with Crippen LogP contribution in [0.4, 0.5) is 0 Å². The smallest absolute Gasteiger partial charge is 0.338 e. The average Bonchev–Trinajstić information content (AvgIpc) is 2.52. The summed E-state index contributed by atoms with van der Waals surface area (Å²) in [5.41, 5.74) is 0.760. The second-order valence-electron chi connectivity index (χ2n) is 5.77. The standard InChI is InChI=1S/C18H26O4/c1-4-5-6-7-11-21-17(19)15-9-8-10-16(12-15)18(20)22-13-14(2)3/h8-10,12,14H,4-7,11,13H2,1-3H3. The van der Waals surface area contributed by atoms with E-state index in [2.05, 4.69) is 6.92 Å². The van der Waals surface area contributed by atoms with Crippen molar-refractivity contribution >= 4 is 11.9 Å². The van der Waals surface area contributed by atoms with E-state index in [-0.39, 0.29) is 5.92 Å². The molecule has 1 aromatic rings. The number of benzene rings is 1. The number of hydrogen-bond acceptors (Lipinski definition) is 4. The van der Waals surface area contributed by atoms with E-state index in [4.69, 9.17) is 9.47 Å². The number of esters is 2. The van der Waals surface area contributed by atoms with Gasteiger partial charge in [-0.05, 0) is 30.5 Å². The van der Waals surface area contributed by atoms with Crippen molar-refractivity contribution in [2.75, 3.05) is 13.2 Å². The third-order valence-corrected chi connectivity index (χ3v) is 3.11. The van der Waals surface area contributed by atoms with Gasteiger partial charge in [0.25, 0.3) is 0 Å². The molecule has 0 aliphatic carbocycles. The van der Waals surface area contributed by atoms with Crippen molar-refractivity contribution < 1.29 is 19.1 Å². The molecule has 0 saturated heterocycles. The predicted octanol–water partition coefficient (Wildman–Crippen LogP) is 4.24. The van der Waals surface area contributed by atoms with E-state index in [0.717, 1.165) is 25.7 Å². The molecule has 0 fully saturated rings. The Balaban J connectivity index is 2.52. The summed E-state index contributed by atoms with van der Waals surface area (Å²) in [6.07, 6.45) is 4.23. The van der Waals surface area contributed by atoms with Gasteiger partial charge in [0, 0.05) is 0 Å². The summed E-state index contributed by atoms with van der Waals surface area (Å²) in [4.78, 5) is 23.8. The van der Waals surface area contributed by atoms with Gasteiger partial charge in [-0.25, -0.2) is 9.59 Å². The summed E-state index contributed by atoms with van der Waals surface area (Å²) in [7, 11) is 0. The molecule has 0 N–H and O–H groups in total. The highest BCUT2D eigenvalue weighted by Crippen LogP contribution is 2.10. The van der Waals surface area contributed by atoms with Crippen LogP contribution in [0, 0.1) is 5.92 Å². The Labute approximate surface area is 132 Å². The molecule has 1 rings (SSSR count). The van der Waals surface area contributed by atoms with Crippen LogP contribution < -0.4 is 0 Å². The molecule has 0 atom stereocenters. The van der Waals surface area contributed by atoms with E-state index < -0.39 is 11.9 Å². The molecule has 0 spiro atoms. The van der Waals surface area contributed by atoms with E-state index in [9.17, 15) is 9.59 Å². The molecule has 0 saturated carbocycles. The van der Waals surface area contributed by atoms with E-state index in [1.165, 1.54) is 6.07 Å². The zero-order valence-electron chi connectivity index (χ0n) is 13.8. The van der Waals surface area contributed by atoms with E-state index in [0.29, 0.717) is 24.3 Å². The molecule has 122 valence electrons. The monoisotopic (exact) mass is 306 g/mol. The van der Waals surface area contributed by atoms with Crippen LogP contribution in [0.25, 0.3) is 0 Å². The maximum Gasteiger partial charge on any atom is 0.338 e. The quantitative estimate of drug-likeness (QED) is 0.506. The molecule has 0 amide bonds.